The van der Waals surface area contributed by atoms with E-state index in [1.165, 1.54) is 10.5 Å². The van der Waals surface area contributed by atoms with Crippen molar-refractivity contribution in [3.8, 4) is 5.75 Å². The predicted molar refractivity (Wildman–Crippen MR) is 106 cm³/mol. The number of nitrogens with one attached hydrogen (secondary N) is 1. The summed E-state index contributed by atoms with van der Waals surface area (Å²) < 4.78 is 11.1. The highest BCUT2D eigenvalue weighted by atomic mass is 16.5. The fraction of sp³-hybridized carbons (Fsp3) is 0.682. The SMILES string of the molecule is CCOC(=O)C1CC[NH+](C[C@@H](O)COc2ccc(C)cc2C(C)(C)C)CC1. The van der Waals surface area contributed by atoms with Crippen LogP contribution in [-0.2, 0) is 14.9 Å². The highest BCUT2D eigenvalue weighted by molar-refractivity contribution is 5.72. The number of rotatable bonds is 7. The zero-order valence-corrected chi connectivity index (χ0v) is 17.5. The van der Waals surface area contributed by atoms with Crippen molar-refractivity contribution in [1.82, 2.24) is 0 Å². The van der Waals surface area contributed by atoms with Gasteiger partial charge in [-0.05, 0) is 30.9 Å². The molecule has 1 fully saturated rings. The van der Waals surface area contributed by atoms with E-state index in [2.05, 4.69) is 33.8 Å². The van der Waals surface area contributed by atoms with Crippen molar-refractivity contribution >= 4 is 5.97 Å². The summed E-state index contributed by atoms with van der Waals surface area (Å²) in [5.74, 6) is 0.793. The van der Waals surface area contributed by atoms with Crippen LogP contribution in [0.5, 0.6) is 5.75 Å². The molecule has 152 valence electrons. The van der Waals surface area contributed by atoms with E-state index in [0.29, 0.717) is 13.2 Å². The number of aliphatic hydroxyl groups is 1. The molecular weight excluding hydrogens is 342 g/mol. The maximum absolute atomic E-state index is 11.8. The molecule has 0 bridgehead atoms. The van der Waals surface area contributed by atoms with Gasteiger partial charge in [-0.3, -0.25) is 4.79 Å². The molecule has 1 aliphatic rings. The Morgan fingerprint density at radius 3 is 2.56 bits per heavy atom. The topological polar surface area (TPSA) is 60.2 Å². The van der Waals surface area contributed by atoms with Crippen LogP contribution < -0.4 is 9.64 Å². The number of likely N-dealkylation sites (tertiary alicyclic amines) is 1. The second-order valence-electron chi connectivity index (χ2n) is 8.69. The van der Waals surface area contributed by atoms with Crippen LogP contribution in [0.2, 0.25) is 0 Å². The van der Waals surface area contributed by atoms with Gasteiger partial charge in [0.2, 0.25) is 0 Å². The van der Waals surface area contributed by atoms with Crippen LogP contribution in [0.25, 0.3) is 0 Å². The molecule has 0 amide bonds. The molecule has 0 radical (unpaired) electrons. The van der Waals surface area contributed by atoms with E-state index in [-0.39, 0.29) is 23.9 Å². The van der Waals surface area contributed by atoms with Crippen molar-refractivity contribution in [2.75, 3.05) is 32.8 Å². The molecule has 27 heavy (non-hydrogen) atoms. The summed E-state index contributed by atoms with van der Waals surface area (Å²) in [6, 6.07) is 6.20. The van der Waals surface area contributed by atoms with Gasteiger partial charge in [0.05, 0.1) is 25.6 Å². The van der Waals surface area contributed by atoms with Crippen LogP contribution in [-0.4, -0.2) is 50.0 Å². The number of aryl methyl sites for hydroxylation is 1. The van der Waals surface area contributed by atoms with Gasteiger partial charge in [0, 0.05) is 12.8 Å². The molecule has 1 aliphatic heterocycles. The smallest absolute Gasteiger partial charge is 0.309 e. The van der Waals surface area contributed by atoms with E-state index in [4.69, 9.17) is 9.47 Å². The zero-order valence-electron chi connectivity index (χ0n) is 17.5. The number of aliphatic hydroxyl groups excluding tert-OH is 1. The fourth-order valence-corrected chi connectivity index (χ4v) is 3.66. The van der Waals surface area contributed by atoms with E-state index in [1.54, 1.807) is 0 Å². The van der Waals surface area contributed by atoms with Crippen molar-refractivity contribution in [1.29, 1.82) is 0 Å². The lowest BCUT2D eigenvalue weighted by atomic mass is 9.85. The molecule has 1 heterocycles. The monoisotopic (exact) mass is 378 g/mol. The number of carbonyl (C=O) groups excluding carboxylic acids is 1. The summed E-state index contributed by atoms with van der Waals surface area (Å²) >= 11 is 0. The Balaban J connectivity index is 1.82. The van der Waals surface area contributed by atoms with Crippen LogP contribution in [0.3, 0.4) is 0 Å². The van der Waals surface area contributed by atoms with Crippen LogP contribution in [0.15, 0.2) is 18.2 Å². The molecule has 2 rings (SSSR count). The van der Waals surface area contributed by atoms with Crippen molar-refractivity contribution < 1.29 is 24.3 Å². The minimum absolute atomic E-state index is 0.00741. The van der Waals surface area contributed by atoms with Crippen LogP contribution >= 0.6 is 0 Å². The average Bonchev–Trinajstić information content (AvgIpc) is 2.60. The van der Waals surface area contributed by atoms with Crippen molar-refractivity contribution in [3.05, 3.63) is 29.3 Å². The fourth-order valence-electron chi connectivity index (χ4n) is 3.66. The maximum atomic E-state index is 11.8. The summed E-state index contributed by atoms with van der Waals surface area (Å²) in [4.78, 5) is 13.1. The van der Waals surface area contributed by atoms with Gasteiger partial charge in [-0.15, -0.1) is 0 Å². The highest BCUT2D eigenvalue weighted by Crippen LogP contribution is 2.32. The molecule has 0 aliphatic carbocycles. The molecule has 1 aromatic rings. The first-order valence-electron chi connectivity index (χ1n) is 10.1. The van der Waals surface area contributed by atoms with Crippen LogP contribution in [0.4, 0.5) is 0 Å². The Kier molecular flexibility index (Phi) is 7.68. The van der Waals surface area contributed by atoms with Crippen molar-refractivity contribution in [2.45, 2.75) is 59.0 Å². The second kappa shape index (κ2) is 9.56. The van der Waals surface area contributed by atoms with E-state index in [1.807, 2.05) is 19.1 Å². The number of benzene rings is 1. The van der Waals surface area contributed by atoms with Gasteiger partial charge in [-0.25, -0.2) is 0 Å². The van der Waals surface area contributed by atoms with Gasteiger partial charge < -0.3 is 19.5 Å². The number of hydrogen-bond donors (Lipinski definition) is 2. The minimum Gasteiger partial charge on any atom is -0.490 e. The molecule has 1 saturated heterocycles. The van der Waals surface area contributed by atoms with Gasteiger partial charge in [0.25, 0.3) is 0 Å². The van der Waals surface area contributed by atoms with E-state index in [0.717, 1.165) is 37.2 Å². The standard InChI is InChI=1S/C22H35NO4/c1-6-26-21(25)17-9-11-23(12-10-17)14-18(24)15-27-20-8-7-16(2)13-19(20)22(3,4)5/h7-8,13,17-18,24H,6,9-12,14-15H2,1-5H3/p+1/t18-/m1/s1. The number of quaternary nitrogens is 1. The number of carbonyl (C=O) groups is 1. The first kappa shape index (κ1) is 21.7. The minimum atomic E-state index is -0.520. The van der Waals surface area contributed by atoms with E-state index < -0.39 is 6.10 Å². The molecule has 5 nitrogen and oxygen atoms in total. The average molecular weight is 379 g/mol. The van der Waals surface area contributed by atoms with Crippen LogP contribution in [0, 0.1) is 12.8 Å². The predicted octanol–water partition coefficient (Wildman–Crippen LogP) is 1.89. The Morgan fingerprint density at radius 1 is 1.30 bits per heavy atom. The number of ether oxygens (including phenoxy) is 2. The highest BCUT2D eigenvalue weighted by Gasteiger charge is 2.29. The van der Waals surface area contributed by atoms with Gasteiger partial charge in [0.15, 0.2) is 0 Å². The van der Waals surface area contributed by atoms with Crippen LogP contribution in [0.1, 0.15) is 51.7 Å². The second-order valence-corrected chi connectivity index (χ2v) is 8.69. The lowest BCUT2D eigenvalue weighted by molar-refractivity contribution is -0.908. The lowest BCUT2D eigenvalue weighted by Crippen LogP contribution is -3.14. The van der Waals surface area contributed by atoms with Gasteiger partial charge in [0.1, 0.15) is 25.0 Å². The Labute approximate surface area is 163 Å². The third-order valence-electron chi connectivity index (χ3n) is 5.21. The summed E-state index contributed by atoms with van der Waals surface area (Å²) in [7, 11) is 0. The number of esters is 1. The summed E-state index contributed by atoms with van der Waals surface area (Å²) in [5, 5.41) is 10.4. The third kappa shape index (κ3) is 6.51. The van der Waals surface area contributed by atoms with Gasteiger partial charge in [-0.1, -0.05) is 38.5 Å². The molecule has 0 spiro atoms. The number of piperidine rings is 1. The van der Waals surface area contributed by atoms with Crippen molar-refractivity contribution in [2.24, 2.45) is 5.92 Å². The molecule has 1 aromatic carbocycles. The van der Waals surface area contributed by atoms with E-state index >= 15 is 0 Å². The Bertz CT molecular complexity index is 615. The Hall–Kier alpha value is -1.59. The lowest BCUT2D eigenvalue weighted by Gasteiger charge is -2.29. The zero-order chi connectivity index (χ0) is 20.0. The molecule has 0 unspecified atom stereocenters. The molecular formula is C22H36NO4+. The maximum Gasteiger partial charge on any atom is 0.309 e. The summed E-state index contributed by atoms with van der Waals surface area (Å²) in [6.07, 6.45) is 1.13. The van der Waals surface area contributed by atoms with E-state index in [9.17, 15) is 9.90 Å². The number of hydrogen-bond acceptors (Lipinski definition) is 4. The normalized spacial score (nSPS) is 21.6. The quantitative estimate of drug-likeness (QED) is 0.712. The molecule has 5 heteroatoms. The van der Waals surface area contributed by atoms with Gasteiger partial charge in [-0.2, -0.15) is 0 Å². The molecule has 1 atom stereocenters. The molecule has 0 saturated carbocycles. The summed E-state index contributed by atoms with van der Waals surface area (Å²) in [6.45, 7) is 13.6. The Morgan fingerprint density at radius 2 is 1.96 bits per heavy atom. The van der Waals surface area contributed by atoms with Crippen molar-refractivity contribution in [3.63, 3.8) is 0 Å². The first-order valence-corrected chi connectivity index (χ1v) is 10.1. The van der Waals surface area contributed by atoms with Gasteiger partial charge >= 0.3 is 5.97 Å². The summed E-state index contributed by atoms with van der Waals surface area (Å²) in [5.41, 5.74) is 2.37. The first-order chi connectivity index (χ1) is 12.7. The molecule has 0 aromatic heterocycles. The largest absolute Gasteiger partial charge is 0.490 e. The molecule has 2 N–H and O–H groups in total. The third-order valence-corrected chi connectivity index (χ3v) is 5.21.